The second-order valence-corrected chi connectivity index (χ2v) is 11.5. The van der Waals surface area contributed by atoms with Gasteiger partial charge in [-0.25, -0.2) is 4.79 Å². The summed E-state index contributed by atoms with van der Waals surface area (Å²) in [6.07, 6.45) is 5.88. The minimum atomic E-state index is -1.05. The molecule has 4 aromatic rings. The van der Waals surface area contributed by atoms with Crippen LogP contribution in [0.15, 0.2) is 48.3 Å². The van der Waals surface area contributed by atoms with E-state index < -0.39 is 17.9 Å². The number of aliphatic carboxylic acids is 1. The molecule has 1 aliphatic heterocycles. The monoisotopic (exact) mass is 621 g/mol. The number of aryl methyl sites for hydroxylation is 5. The van der Waals surface area contributed by atoms with E-state index in [1.54, 1.807) is 12.2 Å². The molecule has 0 fully saturated rings. The molecule has 224 valence electrons. The van der Waals surface area contributed by atoms with Gasteiger partial charge in [0.15, 0.2) is 0 Å². The Balaban J connectivity index is 1.50. The number of carboxylic acids is 1. The van der Waals surface area contributed by atoms with Crippen LogP contribution in [-0.2, 0) is 18.3 Å². The molecule has 0 spiro atoms. The lowest BCUT2D eigenvalue weighted by molar-refractivity contribution is -0.138. The first-order chi connectivity index (χ1) is 20.5. The van der Waals surface area contributed by atoms with Crippen molar-refractivity contribution < 1.29 is 19.4 Å². The standard InChI is InChI=1S/C32H33Cl2N5O4/c1-16-14-20(15-17(2)28(16)34)43-13-7-8-21-22-11-12-23(33)27(26-18(3)38-39(5)19(26)4)29(22)37-30(21)31(40)36-25-10-6-9-24(35-25)32(41)42/h6,9-12,14-15,24,35,37H,7-8,13H2,1-5H3,(H,36,40)(H,41,42). The van der Waals surface area contributed by atoms with Crippen molar-refractivity contribution in [3.05, 3.63) is 92.1 Å². The first-order valence-corrected chi connectivity index (χ1v) is 14.6. The molecule has 2 aromatic carbocycles. The molecule has 0 aliphatic carbocycles. The van der Waals surface area contributed by atoms with Crippen molar-refractivity contribution in [2.45, 2.75) is 46.6 Å². The van der Waals surface area contributed by atoms with E-state index in [0.29, 0.717) is 36.0 Å². The number of rotatable bonds is 9. The molecule has 0 saturated carbocycles. The van der Waals surface area contributed by atoms with Gasteiger partial charge in [0.05, 0.1) is 22.8 Å². The Morgan fingerprint density at radius 3 is 2.49 bits per heavy atom. The summed E-state index contributed by atoms with van der Waals surface area (Å²) in [5.41, 5.74) is 7.23. The summed E-state index contributed by atoms with van der Waals surface area (Å²) >= 11 is 13.1. The predicted molar refractivity (Wildman–Crippen MR) is 169 cm³/mol. The molecule has 1 aliphatic rings. The van der Waals surface area contributed by atoms with Gasteiger partial charge in [0, 0.05) is 34.3 Å². The van der Waals surface area contributed by atoms with E-state index in [-0.39, 0.29) is 0 Å². The van der Waals surface area contributed by atoms with Crippen LogP contribution in [0.4, 0.5) is 0 Å². The third kappa shape index (κ3) is 6.00. The Hall–Kier alpha value is -4.21. The van der Waals surface area contributed by atoms with Crippen molar-refractivity contribution in [3.8, 4) is 16.9 Å². The van der Waals surface area contributed by atoms with Gasteiger partial charge >= 0.3 is 5.97 Å². The molecule has 5 rings (SSSR count). The number of carboxylic acid groups (broad SMARTS) is 1. The summed E-state index contributed by atoms with van der Waals surface area (Å²) in [5.74, 6) is -0.423. The highest BCUT2D eigenvalue weighted by Crippen LogP contribution is 2.40. The summed E-state index contributed by atoms with van der Waals surface area (Å²) in [6, 6.07) is 6.64. The molecular weight excluding hydrogens is 589 g/mol. The van der Waals surface area contributed by atoms with E-state index in [0.717, 1.165) is 60.9 Å². The number of H-pyrrole nitrogens is 1. The zero-order valence-corrected chi connectivity index (χ0v) is 26.1. The van der Waals surface area contributed by atoms with E-state index in [1.165, 1.54) is 6.08 Å². The lowest BCUT2D eigenvalue weighted by atomic mass is 9.98. The van der Waals surface area contributed by atoms with Crippen LogP contribution < -0.4 is 15.4 Å². The average Bonchev–Trinajstić information content (AvgIpc) is 3.45. The summed E-state index contributed by atoms with van der Waals surface area (Å²) in [4.78, 5) is 28.6. The largest absolute Gasteiger partial charge is 0.494 e. The average molecular weight is 623 g/mol. The van der Waals surface area contributed by atoms with Crippen LogP contribution in [0.1, 0.15) is 45.0 Å². The zero-order valence-electron chi connectivity index (χ0n) is 24.6. The number of allylic oxidation sites excluding steroid dienone is 2. The molecule has 11 heteroatoms. The fraction of sp³-hybridized carbons (Fsp3) is 0.281. The Kier molecular flexibility index (Phi) is 8.57. The van der Waals surface area contributed by atoms with E-state index >= 15 is 0 Å². The molecule has 1 unspecified atom stereocenters. The fourth-order valence-corrected chi connectivity index (χ4v) is 5.85. The number of fused-ring (bicyclic) bond motifs is 1. The SMILES string of the molecule is Cc1cc(OCCCc2c(C(=O)NC3=CC=CC(C(=O)O)N3)[nH]c3c(-c4c(C)nn(C)c4C)c(Cl)ccc23)cc(C)c1Cl. The summed E-state index contributed by atoms with van der Waals surface area (Å²) in [7, 11) is 1.88. The molecule has 9 nitrogen and oxygen atoms in total. The first kappa shape index (κ1) is 30.3. The minimum absolute atomic E-state index is 0.290. The number of dihydropyridines is 1. The number of benzene rings is 2. The maximum absolute atomic E-state index is 13.7. The van der Waals surface area contributed by atoms with Gasteiger partial charge in [-0.1, -0.05) is 41.4 Å². The maximum atomic E-state index is 13.7. The summed E-state index contributed by atoms with van der Waals surface area (Å²) in [6.45, 7) is 8.22. The number of nitrogens with one attached hydrogen (secondary N) is 3. The second kappa shape index (κ2) is 12.2. The van der Waals surface area contributed by atoms with Gasteiger partial charge in [-0.2, -0.15) is 5.10 Å². The highest BCUT2D eigenvalue weighted by atomic mass is 35.5. The van der Waals surface area contributed by atoms with E-state index in [1.807, 2.05) is 63.7 Å². The third-order valence-corrected chi connectivity index (χ3v) is 8.57. The highest BCUT2D eigenvalue weighted by molar-refractivity contribution is 6.35. The lowest BCUT2D eigenvalue weighted by Crippen LogP contribution is -2.42. The van der Waals surface area contributed by atoms with Gasteiger partial charge in [0.25, 0.3) is 5.91 Å². The molecule has 1 atom stereocenters. The van der Waals surface area contributed by atoms with Crippen molar-refractivity contribution in [2.24, 2.45) is 7.05 Å². The molecule has 0 saturated heterocycles. The second-order valence-electron chi connectivity index (χ2n) is 10.7. The molecular formula is C32H33Cl2N5O4. The molecule has 43 heavy (non-hydrogen) atoms. The Morgan fingerprint density at radius 2 is 1.84 bits per heavy atom. The van der Waals surface area contributed by atoms with Crippen LogP contribution >= 0.6 is 23.2 Å². The summed E-state index contributed by atoms with van der Waals surface area (Å²) in [5, 5.41) is 21.8. The Labute approximate surface area is 259 Å². The molecule has 3 heterocycles. The minimum Gasteiger partial charge on any atom is -0.494 e. The number of aromatic nitrogens is 3. The van der Waals surface area contributed by atoms with Crippen LogP contribution in [0, 0.1) is 27.7 Å². The molecule has 1 amide bonds. The first-order valence-electron chi connectivity index (χ1n) is 13.9. The number of hydrogen-bond donors (Lipinski definition) is 4. The van der Waals surface area contributed by atoms with Crippen LogP contribution in [0.5, 0.6) is 5.75 Å². The Bertz CT molecular complexity index is 1790. The van der Waals surface area contributed by atoms with Gasteiger partial charge in [-0.3, -0.25) is 9.48 Å². The Morgan fingerprint density at radius 1 is 1.12 bits per heavy atom. The van der Waals surface area contributed by atoms with Gasteiger partial charge in [-0.15, -0.1) is 0 Å². The van der Waals surface area contributed by atoms with Gasteiger partial charge in [0.2, 0.25) is 0 Å². The normalized spacial score (nSPS) is 14.5. The van der Waals surface area contributed by atoms with Gasteiger partial charge < -0.3 is 25.5 Å². The van der Waals surface area contributed by atoms with E-state index in [2.05, 4.69) is 20.7 Å². The van der Waals surface area contributed by atoms with Crippen molar-refractivity contribution in [1.82, 2.24) is 25.4 Å². The number of hydrogen-bond acceptors (Lipinski definition) is 5. The van der Waals surface area contributed by atoms with Crippen molar-refractivity contribution in [3.63, 3.8) is 0 Å². The van der Waals surface area contributed by atoms with E-state index in [9.17, 15) is 14.7 Å². The fourth-order valence-electron chi connectivity index (χ4n) is 5.49. The summed E-state index contributed by atoms with van der Waals surface area (Å²) < 4.78 is 7.86. The van der Waals surface area contributed by atoms with Crippen LogP contribution in [0.25, 0.3) is 22.0 Å². The topological polar surface area (TPSA) is 121 Å². The van der Waals surface area contributed by atoms with Crippen molar-refractivity contribution >= 4 is 46.0 Å². The number of amides is 1. The van der Waals surface area contributed by atoms with Crippen LogP contribution in [0.3, 0.4) is 0 Å². The molecule has 0 radical (unpaired) electrons. The van der Waals surface area contributed by atoms with Crippen molar-refractivity contribution in [2.75, 3.05) is 6.61 Å². The predicted octanol–water partition coefficient (Wildman–Crippen LogP) is 6.30. The quantitative estimate of drug-likeness (QED) is 0.163. The maximum Gasteiger partial charge on any atom is 0.330 e. The van der Waals surface area contributed by atoms with Crippen molar-refractivity contribution in [1.29, 1.82) is 0 Å². The number of nitrogens with zero attached hydrogens (tertiary/aromatic N) is 2. The number of ether oxygens (including phenoxy) is 1. The van der Waals surface area contributed by atoms with Crippen LogP contribution in [0.2, 0.25) is 10.0 Å². The van der Waals surface area contributed by atoms with Gasteiger partial charge in [-0.05, 0) is 81.5 Å². The molecule has 0 bridgehead atoms. The number of halogens is 2. The van der Waals surface area contributed by atoms with Crippen LogP contribution in [-0.4, -0.2) is 44.4 Å². The zero-order chi connectivity index (χ0) is 31.0. The number of carbonyl (C=O) groups is 2. The lowest BCUT2D eigenvalue weighted by Gasteiger charge is -2.19. The molecule has 2 aromatic heterocycles. The van der Waals surface area contributed by atoms with E-state index in [4.69, 9.17) is 27.9 Å². The number of aromatic amines is 1. The van der Waals surface area contributed by atoms with Gasteiger partial charge in [0.1, 0.15) is 23.3 Å². The number of carbonyl (C=O) groups excluding carboxylic acids is 1. The smallest absolute Gasteiger partial charge is 0.330 e. The molecule has 4 N–H and O–H groups in total. The third-order valence-electron chi connectivity index (χ3n) is 7.66. The highest BCUT2D eigenvalue weighted by Gasteiger charge is 2.25.